The fourth-order valence-electron chi connectivity index (χ4n) is 0.924. The van der Waals surface area contributed by atoms with Gasteiger partial charge in [-0.1, -0.05) is 24.1 Å². The van der Waals surface area contributed by atoms with E-state index in [9.17, 15) is 4.79 Å². The fourth-order valence-corrected chi connectivity index (χ4v) is 0.924. The van der Waals surface area contributed by atoms with Crippen LogP contribution >= 0.6 is 0 Å². The van der Waals surface area contributed by atoms with Crippen LogP contribution in [0.5, 0.6) is 0 Å². The molecule has 0 radical (unpaired) electrons. The maximum Gasteiger partial charge on any atom is 0.262 e. The van der Waals surface area contributed by atoms with E-state index < -0.39 is 0 Å². The van der Waals surface area contributed by atoms with E-state index >= 15 is 0 Å². The molecule has 0 bridgehead atoms. The zero-order valence-corrected chi connectivity index (χ0v) is 6.79. The molecule has 0 aliphatic rings. The minimum Gasteiger partial charge on any atom is -0.281 e. The molecule has 0 aromatic heterocycles. The number of terminal acetylenes is 1. The average molecular weight is 159 g/mol. The van der Waals surface area contributed by atoms with E-state index in [1.807, 2.05) is 19.1 Å². The van der Waals surface area contributed by atoms with Crippen molar-refractivity contribution in [2.24, 2.45) is 0 Å². The minimum atomic E-state index is -0.235. The van der Waals surface area contributed by atoms with Crippen molar-refractivity contribution >= 4 is 5.91 Å². The predicted octanol–water partition coefficient (Wildman–Crippen LogP) is 1.32. The Bertz CT molecular complexity index is 336. The molecule has 0 fully saturated rings. The lowest BCUT2D eigenvalue weighted by Crippen LogP contribution is -2.17. The van der Waals surface area contributed by atoms with Crippen LogP contribution in [0.25, 0.3) is 0 Å². The zero-order valence-electron chi connectivity index (χ0n) is 6.79. The van der Waals surface area contributed by atoms with Gasteiger partial charge < -0.3 is 0 Å². The van der Waals surface area contributed by atoms with Gasteiger partial charge in [-0.3, -0.25) is 10.1 Å². The standard InChI is InChI=1S/C10H9NO/c1-3-11-10(12)9-6-4-5-8(2)7-9/h1,4-7H,2H3,(H,11,12). The van der Waals surface area contributed by atoms with Gasteiger partial charge in [0, 0.05) is 11.6 Å². The van der Waals surface area contributed by atoms with Crippen molar-refractivity contribution in [3.05, 3.63) is 35.4 Å². The molecule has 1 amide bonds. The quantitative estimate of drug-likeness (QED) is 0.486. The largest absolute Gasteiger partial charge is 0.281 e. The molecule has 12 heavy (non-hydrogen) atoms. The smallest absolute Gasteiger partial charge is 0.262 e. The number of aryl methyl sites for hydroxylation is 1. The maximum absolute atomic E-state index is 11.1. The fraction of sp³-hybridized carbons (Fsp3) is 0.100. The molecule has 0 heterocycles. The summed E-state index contributed by atoms with van der Waals surface area (Å²) in [5.74, 6) is -0.235. The Kier molecular flexibility index (Phi) is 2.49. The monoisotopic (exact) mass is 159 g/mol. The molecule has 0 saturated heterocycles. The summed E-state index contributed by atoms with van der Waals surface area (Å²) in [6.45, 7) is 1.92. The second-order valence-electron chi connectivity index (χ2n) is 2.47. The van der Waals surface area contributed by atoms with Crippen molar-refractivity contribution in [1.29, 1.82) is 0 Å². The molecular weight excluding hydrogens is 150 g/mol. The first-order valence-corrected chi connectivity index (χ1v) is 3.56. The Morgan fingerprint density at radius 2 is 2.33 bits per heavy atom. The van der Waals surface area contributed by atoms with Gasteiger partial charge in [0.2, 0.25) is 0 Å². The number of amides is 1. The van der Waals surface area contributed by atoms with Crippen LogP contribution in [0.4, 0.5) is 0 Å². The third-order valence-electron chi connectivity index (χ3n) is 1.47. The second-order valence-corrected chi connectivity index (χ2v) is 2.47. The number of carbonyl (C=O) groups is 1. The highest BCUT2D eigenvalue weighted by Gasteiger charge is 2.01. The third-order valence-corrected chi connectivity index (χ3v) is 1.47. The molecule has 0 aliphatic carbocycles. The Labute approximate surface area is 71.6 Å². The molecule has 0 aliphatic heterocycles. The van der Waals surface area contributed by atoms with Crippen molar-refractivity contribution < 1.29 is 4.79 Å². The predicted molar refractivity (Wildman–Crippen MR) is 47.5 cm³/mol. The first-order valence-electron chi connectivity index (χ1n) is 3.56. The Morgan fingerprint density at radius 3 is 2.92 bits per heavy atom. The zero-order chi connectivity index (χ0) is 8.97. The van der Waals surface area contributed by atoms with Crippen molar-refractivity contribution in [2.45, 2.75) is 6.92 Å². The summed E-state index contributed by atoms with van der Waals surface area (Å²) in [6, 6.07) is 9.34. The molecule has 1 rings (SSSR count). The van der Waals surface area contributed by atoms with Crippen LogP contribution in [0.3, 0.4) is 0 Å². The van der Waals surface area contributed by atoms with Gasteiger partial charge in [-0.25, -0.2) is 0 Å². The van der Waals surface area contributed by atoms with Crippen molar-refractivity contribution in [2.75, 3.05) is 0 Å². The van der Waals surface area contributed by atoms with Gasteiger partial charge in [-0.15, -0.1) is 0 Å². The van der Waals surface area contributed by atoms with E-state index in [1.54, 1.807) is 12.1 Å². The van der Waals surface area contributed by atoms with Crippen LogP contribution in [-0.4, -0.2) is 5.91 Å². The van der Waals surface area contributed by atoms with Gasteiger partial charge in [0.1, 0.15) is 0 Å². The van der Waals surface area contributed by atoms with E-state index in [0.29, 0.717) is 5.56 Å². The van der Waals surface area contributed by atoms with Crippen molar-refractivity contribution in [3.8, 4) is 12.5 Å². The number of benzene rings is 1. The topological polar surface area (TPSA) is 29.1 Å². The molecule has 60 valence electrons. The van der Waals surface area contributed by atoms with Gasteiger partial charge in [0.15, 0.2) is 0 Å². The van der Waals surface area contributed by atoms with Crippen LogP contribution < -0.4 is 5.32 Å². The maximum atomic E-state index is 11.1. The number of hydrogen-bond donors (Lipinski definition) is 1. The highest BCUT2D eigenvalue weighted by molar-refractivity contribution is 5.95. The SMILES string of the molecule is C#CNC(=O)c1cccc(C)c1. The Morgan fingerprint density at radius 1 is 1.58 bits per heavy atom. The Balaban J connectivity index is 2.90. The molecule has 0 saturated carbocycles. The van der Waals surface area contributed by atoms with Gasteiger partial charge in [-0.05, 0) is 19.1 Å². The lowest BCUT2D eigenvalue weighted by Gasteiger charge is -1.98. The van der Waals surface area contributed by atoms with Gasteiger partial charge in [0.05, 0.1) is 0 Å². The summed E-state index contributed by atoms with van der Waals surface area (Å²) in [6.07, 6.45) is 4.92. The molecule has 2 heteroatoms. The molecule has 0 atom stereocenters. The van der Waals surface area contributed by atoms with Crippen LogP contribution in [0, 0.1) is 19.4 Å². The van der Waals surface area contributed by atoms with Crippen molar-refractivity contribution in [3.63, 3.8) is 0 Å². The normalized spacial score (nSPS) is 8.67. The van der Waals surface area contributed by atoms with Crippen LogP contribution in [0.15, 0.2) is 24.3 Å². The van der Waals surface area contributed by atoms with Crippen LogP contribution in [-0.2, 0) is 0 Å². The van der Waals surface area contributed by atoms with E-state index in [0.717, 1.165) is 5.56 Å². The number of nitrogens with one attached hydrogen (secondary N) is 1. The number of carbonyl (C=O) groups excluding carboxylic acids is 1. The van der Waals surface area contributed by atoms with Gasteiger partial charge in [-0.2, -0.15) is 0 Å². The molecule has 0 unspecified atom stereocenters. The molecule has 1 N–H and O–H groups in total. The lowest BCUT2D eigenvalue weighted by molar-refractivity contribution is 0.0973. The third kappa shape index (κ3) is 1.86. The average Bonchev–Trinajstić information content (AvgIpc) is 2.05. The number of rotatable bonds is 1. The highest BCUT2D eigenvalue weighted by Crippen LogP contribution is 2.02. The van der Waals surface area contributed by atoms with Gasteiger partial charge >= 0.3 is 0 Å². The van der Waals surface area contributed by atoms with Crippen LogP contribution in [0.1, 0.15) is 15.9 Å². The van der Waals surface area contributed by atoms with Crippen molar-refractivity contribution in [1.82, 2.24) is 5.32 Å². The van der Waals surface area contributed by atoms with E-state index in [-0.39, 0.29) is 5.91 Å². The summed E-state index contributed by atoms with van der Waals surface area (Å²) >= 11 is 0. The second kappa shape index (κ2) is 3.59. The summed E-state index contributed by atoms with van der Waals surface area (Å²) in [4.78, 5) is 11.1. The Hall–Kier alpha value is -1.75. The van der Waals surface area contributed by atoms with Gasteiger partial charge in [0.25, 0.3) is 5.91 Å². The molecule has 2 nitrogen and oxygen atoms in total. The minimum absolute atomic E-state index is 0.235. The van der Waals surface area contributed by atoms with E-state index in [2.05, 4.69) is 11.4 Å². The molecule has 1 aromatic carbocycles. The first-order chi connectivity index (χ1) is 5.74. The highest BCUT2D eigenvalue weighted by atomic mass is 16.1. The van der Waals surface area contributed by atoms with Crippen LogP contribution in [0.2, 0.25) is 0 Å². The number of hydrogen-bond acceptors (Lipinski definition) is 1. The van der Waals surface area contributed by atoms with E-state index in [1.165, 1.54) is 0 Å². The van der Waals surface area contributed by atoms with E-state index in [4.69, 9.17) is 6.42 Å². The first kappa shape index (κ1) is 8.35. The lowest BCUT2D eigenvalue weighted by atomic mass is 10.1. The summed E-state index contributed by atoms with van der Waals surface area (Å²) in [7, 11) is 0. The summed E-state index contributed by atoms with van der Waals surface area (Å²) in [5.41, 5.74) is 1.63. The summed E-state index contributed by atoms with van der Waals surface area (Å²) in [5, 5.41) is 2.28. The molecule has 1 aromatic rings. The summed E-state index contributed by atoms with van der Waals surface area (Å²) < 4.78 is 0. The molecular formula is C10H9NO. The molecule has 0 spiro atoms.